The van der Waals surface area contributed by atoms with Gasteiger partial charge in [-0.2, -0.15) is 0 Å². The van der Waals surface area contributed by atoms with Crippen LogP contribution >= 0.6 is 0 Å². The second kappa shape index (κ2) is 9.34. The average molecular weight is 511 g/mol. The predicted octanol–water partition coefficient (Wildman–Crippen LogP) is 6.21. The molecule has 2 aromatic rings. The van der Waals surface area contributed by atoms with E-state index >= 15 is 0 Å². The number of allylic oxidation sites excluding steroid dienone is 1. The van der Waals surface area contributed by atoms with Gasteiger partial charge in [-0.1, -0.05) is 18.9 Å². The van der Waals surface area contributed by atoms with Crippen LogP contribution in [0.1, 0.15) is 123 Å². The zero-order chi connectivity index (χ0) is 25.2. The number of anilines is 1. The summed E-state index contributed by atoms with van der Waals surface area (Å²) in [6.45, 7) is 3.41. The number of H-pyrrole nitrogens is 1. The van der Waals surface area contributed by atoms with Crippen molar-refractivity contribution >= 4 is 17.0 Å². The van der Waals surface area contributed by atoms with E-state index in [1.807, 2.05) is 0 Å². The first-order valence-corrected chi connectivity index (χ1v) is 15.4. The third-order valence-corrected chi connectivity index (χ3v) is 10.8. The van der Waals surface area contributed by atoms with E-state index in [1.54, 1.807) is 11.1 Å². The molecule has 0 spiro atoms. The third-order valence-electron chi connectivity index (χ3n) is 10.8. The summed E-state index contributed by atoms with van der Waals surface area (Å²) in [5.41, 5.74) is 10.4. The molecule has 6 aliphatic rings. The zero-order valence-electron chi connectivity index (χ0n) is 22.9. The molecule has 2 N–H and O–H groups in total. The number of benzene rings is 1. The molecule has 6 heteroatoms. The zero-order valence-corrected chi connectivity index (χ0v) is 22.9. The van der Waals surface area contributed by atoms with E-state index in [1.165, 1.54) is 98.3 Å². The lowest BCUT2D eigenvalue weighted by Crippen LogP contribution is -2.34. The van der Waals surface area contributed by atoms with Gasteiger partial charge in [0.15, 0.2) is 0 Å². The van der Waals surface area contributed by atoms with Gasteiger partial charge in [-0.05, 0) is 93.3 Å². The number of hydrogen-bond donors (Lipinski definition) is 2. The van der Waals surface area contributed by atoms with Gasteiger partial charge in [0.05, 0.1) is 0 Å². The molecule has 5 aliphatic heterocycles. The number of hydrogen-bond acceptors (Lipinski definition) is 5. The van der Waals surface area contributed by atoms with Crippen LogP contribution in [0, 0.1) is 0 Å². The fourth-order valence-corrected chi connectivity index (χ4v) is 8.72. The van der Waals surface area contributed by atoms with Crippen molar-refractivity contribution in [3.05, 3.63) is 52.7 Å². The van der Waals surface area contributed by atoms with Crippen molar-refractivity contribution in [3.8, 4) is 0 Å². The lowest BCUT2D eigenvalue weighted by Gasteiger charge is -2.36. The Morgan fingerprint density at radius 1 is 0.868 bits per heavy atom. The van der Waals surface area contributed by atoms with Crippen LogP contribution < -0.4 is 10.2 Å². The number of nitrogens with zero attached hydrogens (tertiary/aromatic N) is 4. The van der Waals surface area contributed by atoms with Crippen LogP contribution in [0.2, 0.25) is 0 Å². The minimum atomic E-state index is 0.487. The molecule has 6 nitrogen and oxygen atoms in total. The van der Waals surface area contributed by atoms with Crippen molar-refractivity contribution in [2.24, 2.45) is 4.99 Å². The monoisotopic (exact) mass is 510 g/mol. The van der Waals surface area contributed by atoms with Gasteiger partial charge >= 0.3 is 0 Å². The molecule has 6 heterocycles. The summed E-state index contributed by atoms with van der Waals surface area (Å²) >= 11 is 0. The van der Waals surface area contributed by atoms with E-state index in [0.717, 1.165) is 26.1 Å². The molecule has 1 aromatic carbocycles. The summed E-state index contributed by atoms with van der Waals surface area (Å²) in [4.78, 5) is 18.9. The van der Waals surface area contributed by atoms with E-state index in [9.17, 15) is 0 Å². The van der Waals surface area contributed by atoms with Crippen molar-refractivity contribution in [2.45, 2.75) is 101 Å². The highest BCUT2D eigenvalue weighted by Crippen LogP contribution is 2.57. The number of rotatable bonds is 5. The van der Waals surface area contributed by atoms with E-state index in [-0.39, 0.29) is 0 Å². The fourth-order valence-electron chi connectivity index (χ4n) is 8.72. The number of aromatic amines is 1. The summed E-state index contributed by atoms with van der Waals surface area (Å²) in [5.74, 6) is 2.54. The van der Waals surface area contributed by atoms with Crippen LogP contribution in [-0.4, -0.2) is 53.3 Å². The Bertz CT molecular complexity index is 1270. The Morgan fingerprint density at radius 2 is 1.68 bits per heavy atom. The fraction of sp³-hybridized carbons (Fsp3) is 0.625. The molecule has 2 bridgehead atoms. The lowest BCUT2D eigenvalue weighted by atomic mass is 9.83. The second-order valence-electron chi connectivity index (χ2n) is 12.8. The maximum absolute atomic E-state index is 4.92. The number of piperidine rings is 1. The minimum Gasteiger partial charge on any atom is -0.371 e. The molecular weight excluding hydrogens is 468 g/mol. The van der Waals surface area contributed by atoms with E-state index in [0.29, 0.717) is 30.0 Å². The van der Waals surface area contributed by atoms with Gasteiger partial charge in [-0.15, -0.1) is 0 Å². The second-order valence-corrected chi connectivity index (χ2v) is 12.8. The van der Waals surface area contributed by atoms with Crippen molar-refractivity contribution in [1.29, 1.82) is 0 Å². The van der Waals surface area contributed by atoms with E-state index < -0.39 is 0 Å². The Labute approximate surface area is 227 Å². The SMILES string of the molecule is CN1C2CCC1c1c(N3CCC(c4cnc(C5CCCC5)[nH]4)CC3)ccc(C3=CN=C([C@@H]4CCCN4)C3)c12. The quantitative estimate of drug-likeness (QED) is 0.502. The molecule has 1 aromatic heterocycles. The van der Waals surface area contributed by atoms with Crippen LogP contribution in [0.5, 0.6) is 0 Å². The van der Waals surface area contributed by atoms with Crippen molar-refractivity contribution < 1.29 is 0 Å². The Hall–Kier alpha value is -2.44. The number of aliphatic imine (C=N–C) groups is 1. The van der Waals surface area contributed by atoms with Gasteiger partial charge in [0, 0.05) is 79.0 Å². The van der Waals surface area contributed by atoms with E-state index in [4.69, 9.17) is 9.98 Å². The van der Waals surface area contributed by atoms with E-state index in [2.05, 4.69) is 51.7 Å². The molecule has 0 amide bonds. The highest BCUT2D eigenvalue weighted by molar-refractivity contribution is 6.02. The molecule has 3 atom stereocenters. The number of aromatic nitrogens is 2. The van der Waals surface area contributed by atoms with Crippen LogP contribution in [0.4, 0.5) is 5.69 Å². The number of imidazole rings is 1. The van der Waals surface area contributed by atoms with Crippen molar-refractivity contribution in [2.75, 3.05) is 31.6 Å². The smallest absolute Gasteiger partial charge is 0.109 e. The maximum atomic E-state index is 4.92. The third kappa shape index (κ3) is 3.74. The Morgan fingerprint density at radius 3 is 2.47 bits per heavy atom. The normalized spacial score (nSPS) is 29.9. The van der Waals surface area contributed by atoms with Crippen LogP contribution in [-0.2, 0) is 0 Å². The van der Waals surface area contributed by atoms with Gasteiger partial charge in [-0.25, -0.2) is 4.98 Å². The average Bonchev–Trinajstić information content (AvgIpc) is 3.80. The number of fused-ring (bicyclic) bond motifs is 5. The molecule has 1 aliphatic carbocycles. The van der Waals surface area contributed by atoms with Crippen molar-refractivity contribution in [3.63, 3.8) is 0 Å². The molecular formula is C32H42N6. The lowest BCUT2D eigenvalue weighted by molar-refractivity contribution is 0.280. The largest absolute Gasteiger partial charge is 0.371 e. The van der Waals surface area contributed by atoms with Crippen LogP contribution in [0.15, 0.2) is 29.5 Å². The van der Waals surface area contributed by atoms with Gasteiger partial charge < -0.3 is 15.2 Å². The number of nitrogens with one attached hydrogen (secondary N) is 2. The summed E-state index contributed by atoms with van der Waals surface area (Å²) in [6, 6.07) is 6.54. The van der Waals surface area contributed by atoms with Gasteiger partial charge in [-0.3, -0.25) is 9.89 Å². The molecule has 38 heavy (non-hydrogen) atoms. The predicted molar refractivity (Wildman–Crippen MR) is 154 cm³/mol. The summed E-state index contributed by atoms with van der Waals surface area (Å²) < 4.78 is 0. The Balaban J connectivity index is 1.03. The highest BCUT2D eigenvalue weighted by Gasteiger charge is 2.46. The molecule has 4 fully saturated rings. The molecule has 1 saturated carbocycles. The molecule has 3 saturated heterocycles. The standard InChI is InChI=1S/C32H42N6/c1-37-27-10-11-28(37)31-29(9-8-23(30(27)31)22-17-25(34-18-22)24-7-4-14-33-24)38-15-12-20(13-16-38)26-19-35-32(36-26)21-5-2-3-6-21/h8-9,18-21,24,27-28,33H,2-7,10-17H2,1H3,(H,35,36)/t24-,27?,28?/m0/s1. The van der Waals surface area contributed by atoms with Crippen molar-refractivity contribution in [1.82, 2.24) is 20.2 Å². The summed E-state index contributed by atoms with van der Waals surface area (Å²) in [6.07, 6.45) is 18.2. The van der Waals surface area contributed by atoms with Gasteiger partial charge in [0.1, 0.15) is 5.82 Å². The molecule has 2 unspecified atom stereocenters. The maximum Gasteiger partial charge on any atom is 0.109 e. The molecule has 200 valence electrons. The molecule has 0 radical (unpaired) electrons. The van der Waals surface area contributed by atoms with Gasteiger partial charge in [0.2, 0.25) is 0 Å². The van der Waals surface area contributed by atoms with Crippen LogP contribution in [0.3, 0.4) is 0 Å². The summed E-state index contributed by atoms with van der Waals surface area (Å²) in [5, 5.41) is 3.65. The highest BCUT2D eigenvalue weighted by atomic mass is 15.2. The first kappa shape index (κ1) is 23.4. The van der Waals surface area contributed by atoms with Gasteiger partial charge in [0.25, 0.3) is 0 Å². The first-order valence-electron chi connectivity index (χ1n) is 15.4. The topological polar surface area (TPSA) is 59.5 Å². The molecule has 8 rings (SSSR count). The first-order chi connectivity index (χ1) is 18.7. The summed E-state index contributed by atoms with van der Waals surface area (Å²) in [7, 11) is 2.36. The Kier molecular flexibility index (Phi) is 5.76. The minimum absolute atomic E-state index is 0.487. The van der Waals surface area contributed by atoms with Crippen LogP contribution in [0.25, 0.3) is 5.57 Å².